The lowest BCUT2D eigenvalue weighted by molar-refractivity contribution is 0.0705. The number of carbonyl (C=O) groups excluding carboxylic acids is 1. The highest BCUT2D eigenvalue weighted by atomic mass is 16.2. The highest BCUT2D eigenvalue weighted by Gasteiger charge is 2.26. The van der Waals surface area contributed by atoms with Crippen molar-refractivity contribution in [3.8, 4) is 11.1 Å². The van der Waals surface area contributed by atoms with Crippen LogP contribution in [0, 0.1) is 0 Å². The molecule has 3 heterocycles. The molecule has 1 aliphatic heterocycles. The summed E-state index contributed by atoms with van der Waals surface area (Å²) in [4.78, 5) is 22.2. The first kappa shape index (κ1) is 14.7. The van der Waals surface area contributed by atoms with E-state index in [1.807, 2.05) is 41.6 Å². The molecule has 0 saturated carbocycles. The molecule has 1 saturated heterocycles. The molecule has 24 heavy (non-hydrogen) atoms. The Morgan fingerprint density at radius 2 is 2.08 bits per heavy atom. The third-order valence-electron chi connectivity index (χ3n) is 4.58. The van der Waals surface area contributed by atoms with E-state index in [2.05, 4.69) is 20.2 Å². The summed E-state index contributed by atoms with van der Waals surface area (Å²) in [5, 5.41) is 6.75. The summed E-state index contributed by atoms with van der Waals surface area (Å²) in [6.45, 7) is 1.52. The number of imidazole rings is 1. The van der Waals surface area contributed by atoms with Crippen molar-refractivity contribution in [3.05, 3.63) is 60.4 Å². The highest BCUT2D eigenvalue weighted by molar-refractivity contribution is 5.94. The number of hydrogen-bond donors (Lipinski definition) is 2. The van der Waals surface area contributed by atoms with Crippen LogP contribution in [0.5, 0.6) is 0 Å². The Balaban J connectivity index is 1.49. The van der Waals surface area contributed by atoms with E-state index in [0.29, 0.717) is 5.92 Å². The number of hydrogen-bond acceptors (Lipinski definition) is 3. The van der Waals surface area contributed by atoms with Crippen molar-refractivity contribution in [2.75, 3.05) is 13.1 Å². The fourth-order valence-corrected chi connectivity index (χ4v) is 3.28. The number of H-pyrrole nitrogens is 2. The van der Waals surface area contributed by atoms with Gasteiger partial charge in [-0.1, -0.05) is 12.1 Å². The Hall–Kier alpha value is -2.89. The summed E-state index contributed by atoms with van der Waals surface area (Å²) in [7, 11) is 0. The summed E-state index contributed by atoms with van der Waals surface area (Å²) < 4.78 is 0. The van der Waals surface area contributed by atoms with Crippen LogP contribution < -0.4 is 0 Å². The molecule has 1 atom stereocenters. The predicted molar refractivity (Wildman–Crippen MR) is 90.5 cm³/mol. The molecule has 1 aliphatic rings. The summed E-state index contributed by atoms with van der Waals surface area (Å²) >= 11 is 0. The van der Waals surface area contributed by atoms with Crippen LogP contribution in [0.1, 0.15) is 34.9 Å². The topological polar surface area (TPSA) is 77.7 Å². The van der Waals surface area contributed by atoms with E-state index in [4.69, 9.17) is 0 Å². The van der Waals surface area contributed by atoms with Gasteiger partial charge in [0.15, 0.2) is 0 Å². The fraction of sp³-hybridized carbons (Fsp3) is 0.278. The minimum Gasteiger partial charge on any atom is -0.348 e. The van der Waals surface area contributed by atoms with Crippen LogP contribution in [-0.4, -0.2) is 44.1 Å². The van der Waals surface area contributed by atoms with Gasteiger partial charge in [-0.05, 0) is 30.5 Å². The van der Waals surface area contributed by atoms with Crippen molar-refractivity contribution in [2.45, 2.75) is 18.8 Å². The van der Waals surface area contributed by atoms with Crippen molar-refractivity contribution in [1.29, 1.82) is 0 Å². The summed E-state index contributed by atoms with van der Waals surface area (Å²) in [6.07, 6.45) is 9.29. The summed E-state index contributed by atoms with van der Waals surface area (Å²) in [6, 6.07) is 7.71. The standard InChI is InChI=1S/C18H19N5O/c24-18(14-5-3-13(4-6-14)16-10-21-22-11-16)23-9-1-2-15(12-23)17-19-7-8-20-17/h3-8,10-11,15H,1-2,9,12H2,(H,19,20)(H,21,22). The average Bonchev–Trinajstić information content (AvgIpc) is 3.35. The van der Waals surface area contributed by atoms with Gasteiger partial charge in [0.25, 0.3) is 5.91 Å². The lowest BCUT2D eigenvalue weighted by atomic mass is 9.96. The van der Waals surface area contributed by atoms with Crippen molar-refractivity contribution >= 4 is 5.91 Å². The van der Waals surface area contributed by atoms with Crippen LogP contribution in [0.4, 0.5) is 0 Å². The predicted octanol–water partition coefficient (Wildman–Crippen LogP) is 2.82. The lowest BCUT2D eigenvalue weighted by Gasteiger charge is -2.32. The number of aromatic nitrogens is 4. The van der Waals surface area contributed by atoms with Gasteiger partial charge < -0.3 is 9.88 Å². The zero-order valence-electron chi connectivity index (χ0n) is 13.3. The molecule has 6 heteroatoms. The molecule has 2 aromatic heterocycles. The van der Waals surface area contributed by atoms with Crippen LogP contribution >= 0.6 is 0 Å². The number of nitrogens with zero attached hydrogens (tertiary/aromatic N) is 3. The van der Waals surface area contributed by atoms with Gasteiger partial charge in [0.1, 0.15) is 5.82 Å². The number of benzene rings is 1. The van der Waals surface area contributed by atoms with Gasteiger partial charge in [-0.3, -0.25) is 9.89 Å². The van der Waals surface area contributed by atoms with Crippen molar-refractivity contribution in [1.82, 2.24) is 25.1 Å². The van der Waals surface area contributed by atoms with Gasteiger partial charge in [-0.2, -0.15) is 5.10 Å². The molecule has 0 bridgehead atoms. The lowest BCUT2D eigenvalue weighted by Crippen LogP contribution is -2.39. The molecule has 1 unspecified atom stereocenters. The van der Waals surface area contributed by atoms with E-state index >= 15 is 0 Å². The molecular formula is C18H19N5O. The maximum atomic E-state index is 12.8. The first-order chi connectivity index (χ1) is 11.8. The molecule has 1 amide bonds. The number of likely N-dealkylation sites (tertiary alicyclic amines) is 1. The van der Waals surface area contributed by atoms with E-state index in [0.717, 1.165) is 48.4 Å². The van der Waals surface area contributed by atoms with Gasteiger partial charge in [-0.15, -0.1) is 0 Å². The molecule has 3 aromatic rings. The van der Waals surface area contributed by atoms with E-state index in [9.17, 15) is 4.79 Å². The van der Waals surface area contributed by atoms with Crippen molar-refractivity contribution in [3.63, 3.8) is 0 Å². The van der Waals surface area contributed by atoms with Crippen LogP contribution in [0.25, 0.3) is 11.1 Å². The molecular weight excluding hydrogens is 302 g/mol. The first-order valence-corrected chi connectivity index (χ1v) is 8.19. The average molecular weight is 321 g/mol. The Morgan fingerprint density at radius 1 is 1.21 bits per heavy atom. The largest absolute Gasteiger partial charge is 0.348 e. The van der Waals surface area contributed by atoms with Crippen LogP contribution in [0.2, 0.25) is 0 Å². The van der Waals surface area contributed by atoms with Gasteiger partial charge >= 0.3 is 0 Å². The van der Waals surface area contributed by atoms with Gasteiger partial charge in [0.05, 0.1) is 6.20 Å². The Labute approximate surface area is 139 Å². The number of aromatic amines is 2. The zero-order chi connectivity index (χ0) is 16.4. The maximum Gasteiger partial charge on any atom is 0.253 e. The Morgan fingerprint density at radius 3 is 2.79 bits per heavy atom. The van der Waals surface area contributed by atoms with Gasteiger partial charge in [-0.25, -0.2) is 4.98 Å². The number of rotatable bonds is 3. The number of piperidine rings is 1. The van der Waals surface area contributed by atoms with Gasteiger partial charge in [0.2, 0.25) is 0 Å². The molecule has 0 radical (unpaired) electrons. The van der Waals surface area contributed by atoms with Gasteiger partial charge in [0, 0.05) is 48.7 Å². The van der Waals surface area contributed by atoms with Crippen LogP contribution in [0.3, 0.4) is 0 Å². The molecule has 1 aromatic carbocycles. The van der Waals surface area contributed by atoms with Crippen LogP contribution in [-0.2, 0) is 0 Å². The van der Waals surface area contributed by atoms with E-state index < -0.39 is 0 Å². The molecule has 6 nitrogen and oxygen atoms in total. The third-order valence-corrected chi connectivity index (χ3v) is 4.58. The van der Waals surface area contributed by atoms with E-state index in [1.54, 1.807) is 12.4 Å². The first-order valence-electron chi connectivity index (χ1n) is 8.19. The highest BCUT2D eigenvalue weighted by Crippen LogP contribution is 2.26. The van der Waals surface area contributed by atoms with Crippen molar-refractivity contribution < 1.29 is 4.79 Å². The molecule has 0 aliphatic carbocycles. The smallest absolute Gasteiger partial charge is 0.253 e. The SMILES string of the molecule is O=C(c1ccc(-c2cn[nH]c2)cc1)N1CCCC(c2ncc[nH]2)C1. The Bertz CT molecular complexity index is 793. The second-order valence-electron chi connectivity index (χ2n) is 6.13. The molecule has 2 N–H and O–H groups in total. The summed E-state index contributed by atoms with van der Waals surface area (Å²) in [5.41, 5.74) is 2.79. The minimum absolute atomic E-state index is 0.0880. The third kappa shape index (κ3) is 2.82. The second-order valence-corrected chi connectivity index (χ2v) is 6.13. The summed E-state index contributed by atoms with van der Waals surface area (Å²) in [5.74, 6) is 1.36. The molecule has 0 spiro atoms. The Kier molecular flexibility index (Phi) is 3.86. The number of carbonyl (C=O) groups is 1. The normalized spacial score (nSPS) is 17.8. The maximum absolute atomic E-state index is 12.8. The number of amides is 1. The molecule has 1 fully saturated rings. The molecule has 122 valence electrons. The monoisotopic (exact) mass is 321 g/mol. The van der Waals surface area contributed by atoms with Crippen molar-refractivity contribution in [2.24, 2.45) is 0 Å². The minimum atomic E-state index is 0.0880. The molecule has 4 rings (SSSR count). The van der Waals surface area contributed by atoms with Crippen LogP contribution in [0.15, 0.2) is 49.1 Å². The van der Waals surface area contributed by atoms with E-state index in [1.165, 1.54) is 0 Å². The second kappa shape index (κ2) is 6.31. The fourth-order valence-electron chi connectivity index (χ4n) is 3.28. The zero-order valence-corrected chi connectivity index (χ0v) is 13.3. The van der Waals surface area contributed by atoms with E-state index in [-0.39, 0.29) is 5.91 Å². The quantitative estimate of drug-likeness (QED) is 0.778. The number of nitrogens with one attached hydrogen (secondary N) is 2.